The van der Waals surface area contributed by atoms with E-state index in [1.54, 1.807) is 0 Å². The van der Waals surface area contributed by atoms with Crippen LogP contribution in [-0.4, -0.2) is 57.3 Å². The van der Waals surface area contributed by atoms with E-state index in [4.69, 9.17) is 4.74 Å². The van der Waals surface area contributed by atoms with Crippen LogP contribution in [-0.2, 0) is 48.0 Å². The lowest BCUT2D eigenvalue weighted by atomic mass is 10.0. The van der Waals surface area contributed by atoms with Gasteiger partial charge in [0, 0.05) is 38.6 Å². The van der Waals surface area contributed by atoms with Gasteiger partial charge in [0.05, 0.1) is 31.1 Å². The Bertz CT molecular complexity index is 937. The molecule has 0 saturated carbocycles. The Hall–Kier alpha value is -1.75. The Morgan fingerprint density at radius 3 is 2.96 bits per heavy atom. The van der Waals surface area contributed by atoms with Crippen LogP contribution in [0.25, 0.3) is 0 Å². The van der Waals surface area contributed by atoms with Crippen LogP contribution in [0.2, 0.25) is 0 Å². The van der Waals surface area contributed by atoms with Gasteiger partial charge in [0.1, 0.15) is 11.3 Å². The molecule has 0 amide bonds. The Labute approximate surface area is 165 Å². The second kappa shape index (κ2) is 7.58. The van der Waals surface area contributed by atoms with Crippen molar-refractivity contribution < 1.29 is 13.2 Å². The first kappa shape index (κ1) is 19.6. The lowest BCUT2D eigenvalue weighted by Crippen LogP contribution is -2.44. The number of hydrogen-bond donors (Lipinski definition) is 1. The molecule has 0 radical (unpaired) electrons. The molecule has 2 aromatic rings. The van der Waals surface area contributed by atoms with Crippen LogP contribution < -0.4 is 4.72 Å². The van der Waals surface area contributed by atoms with E-state index in [1.807, 2.05) is 11.6 Å². The minimum Gasteiger partial charge on any atom is -0.365 e. The first-order valence-corrected chi connectivity index (χ1v) is 11.4. The number of rotatable bonds is 7. The highest BCUT2D eigenvalue weighted by Crippen LogP contribution is 2.33. The second-order valence-electron chi connectivity index (χ2n) is 7.82. The van der Waals surface area contributed by atoms with Gasteiger partial charge in [-0.3, -0.25) is 4.90 Å². The average Bonchev–Trinajstić information content (AvgIpc) is 3.34. The van der Waals surface area contributed by atoms with E-state index >= 15 is 0 Å². The summed E-state index contributed by atoms with van der Waals surface area (Å²) in [5.41, 5.74) is 2.56. The standard InChI is InChI=1S/C18H28N6O3S/c1-3-9-28(25,26)19-10-16-17-12-27-18(14-24(17)21-20-16)6-8-23(13-18)11-15-5-4-7-22(15)2/h4-5,7,19H,3,6,8-14H2,1-2H3. The number of nitrogens with zero attached hydrogens (tertiary/aromatic N) is 5. The predicted octanol–water partition coefficient (Wildman–Crippen LogP) is 0.621. The molecule has 1 atom stereocenters. The van der Waals surface area contributed by atoms with Gasteiger partial charge in [0.25, 0.3) is 0 Å². The Balaban J connectivity index is 1.39. The van der Waals surface area contributed by atoms with Crippen molar-refractivity contribution in [2.24, 2.45) is 7.05 Å². The fraction of sp³-hybridized carbons (Fsp3) is 0.667. The van der Waals surface area contributed by atoms with Gasteiger partial charge in [-0.05, 0) is 25.0 Å². The molecule has 10 heteroatoms. The number of hydrogen-bond acceptors (Lipinski definition) is 6. The molecule has 2 aromatic heterocycles. The molecule has 1 fully saturated rings. The van der Waals surface area contributed by atoms with E-state index in [1.165, 1.54) is 5.69 Å². The summed E-state index contributed by atoms with van der Waals surface area (Å²) < 4.78 is 36.7. The van der Waals surface area contributed by atoms with Crippen molar-refractivity contribution in [2.45, 2.75) is 51.6 Å². The molecule has 0 aliphatic carbocycles. The van der Waals surface area contributed by atoms with E-state index < -0.39 is 10.0 Å². The molecule has 2 aliphatic heterocycles. The summed E-state index contributed by atoms with van der Waals surface area (Å²) in [6.45, 7) is 5.82. The normalized spacial score (nSPS) is 22.8. The van der Waals surface area contributed by atoms with Crippen molar-refractivity contribution in [3.8, 4) is 0 Å². The fourth-order valence-corrected chi connectivity index (χ4v) is 5.09. The number of sulfonamides is 1. The van der Waals surface area contributed by atoms with Crippen LogP contribution in [0, 0.1) is 0 Å². The molecule has 9 nitrogen and oxygen atoms in total. The molecule has 154 valence electrons. The van der Waals surface area contributed by atoms with E-state index in [0.717, 1.165) is 31.7 Å². The van der Waals surface area contributed by atoms with Crippen LogP contribution in [0.5, 0.6) is 0 Å². The molecule has 4 rings (SSSR count). The largest absolute Gasteiger partial charge is 0.365 e. The number of aromatic nitrogens is 4. The Kier molecular flexibility index (Phi) is 5.30. The van der Waals surface area contributed by atoms with Gasteiger partial charge in [0.2, 0.25) is 10.0 Å². The molecular weight excluding hydrogens is 380 g/mol. The monoisotopic (exact) mass is 408 g/mol. The Morgan fingerprint density at radius 1 is 1.36 bits per heavy atom. The van der Waals surface area contributed by atoms with E-state index in [0.29, 0.717) is 25.3 Å². The predicted molar refractivity (Wildman–Crippen MR) is 104 cm³/mol. The van der Waals surface area contributed by atoms with E-state index in [9.17, 15) is 8.42 Å². The van der Waals surface area contributed by atoms with Crippen LogP contribution in [0.3, 0.4) is 0 Å². The maximum absolute atomic E-state index is 11.9. The third kappa shape index (κ3) is 4.00. The van der Waals surface area contributed by atoms with Gasteiger partial charge in [0.15, 0.2) is 0 Å². The number of ether oxygens (including phenoxy) is 1. The van der Waals surface area contributed by atoms with Crippen molar-refractivity contribution >= 4 is 10.0 Å². The quantitative estimate of drug-likeness (QED) is 0.722. The van der Waals surface area contributed by atoms with Crippen LogP contribution in [0.15, 0.2) is 18.3 Å². The highest BCUT2D eigenvalue weighted by Gasteiger charge is 2.43. The third-order valence-electron chi connectivity index (χ3n) is 5.64. The topological polar surface area (TPSA) is 94.3 Å². The maximum atomic E-state index is 11.9. The summed E-state index contributed by atoms with van der Waals surface area (Å²) in [7, 11) is -1.20. The lowest BCUT2D eigenvalue weighted by Gasteiger charge is -2.34. The summed E-state index contributed by atoms with van der Waals surface area (Å²) >= 11 is 0. The third-order valence-corrected chi connectivity index (χ3v) is 7.17. The number of fused-ring (bicyclic) bond motifs is 1. The van der Waals surface area contributed by atoms with Gasteiger partial charge in [-0.15, -0.1) is 5.10 Å². The van der Waals surface area contributed by atoms with Crippen LogP contribution in [0.4, 0.5) is 0 Å². The summed E-state index contributed by atoms with van der Waals surface area (Å²) in [4.78, 5) is 2.41. The van der Waals surface area contributed by atoms with Gasteiger partial charge < -0.3 is 9.30 Å². The summed E-state index contributed by atoms with van der Waals surface area (Å²) in [5, 5.41) is 8.46. The zero-order valence-corrected chi connectivity index (χ0v) is 17.3. The van der Waals surface area contributed by atoms with Crippen molar-refractivity contribution in [1.82, 2.24) is 29.2 Å². The highest BCUT2D eigenvalue weighted by atomic mass is 32.2. The van der Waals surface area contributed by atoms with Gasteiger partial charge in [-0.1, -0.05) is 12.1 Å². The van der Waals surface area contributed by atoms with Crippen molar-refractivity contribution in [3.05, 3.63) is 35.4 Å². The van der Waals surface area contributed by atoms with Crippen molar-refractivity contribution in [3.63, 3.8) is 0 Å². The molecular formula is C18H28N6O3S. The van der Waals surface area contributed by atoms with Crippen molar-refractivity contribution in [2.75, 3.05) is 18.8 Å². The molecule has 2 aliphatic rings. The van der Waals surface area contributed by atoms with E-state index in [-0.39, 0.29) is 17.9 Å². The SMILES string of the molecule is CCCS(=O)(=O)NCc1nnn2c1COC1(CCN(Cc3cccn3C)C1)C2. The number of aryl methyl sites for hydroxylation is 1. The molecule has 0 bridgehead atoms. The molecule has 1 unspecified atom stereocenters. The highest BCUT2D eigenvalue weighted by molar-refractivity contribution is 7.89. The van der Waals surface area contributed by atoms with Gasteiger partial charge >= 0.3 is 0 Å². The van der Waals surface area contributed by atoms with Gasteiger partial charge in [-0.2, -0.15) is 0 Å². The zero-order chi connectivity index (χ0) is 19.8. The number of likely N-dealkylation sites (tertiary alicyclic amines) is 1. The number of nitrogens with one attached hydrogen (secondary N) is 1. The first-order chi connectivity index (χ1) is 13.4. The molecule has 1 saturated heterocycles. The van der Waals surface area contributed by atoms with Crippen LogP contribution in [0.1, 0.15) is 36.8 Å². The minimum atomic E-state index is -3.27. The molecule has 28 heavy (non-hydrogen) atoms. The zero-order valence-electron chi connectivity index (χ0n) is 16.5. The second-order valence-corrected chi connectivity index (χ2v) is 9.75. The molecule has 1 N–H and O–H groups in total. The Morgan fingerprint density at radius 2 is 2.21 bits per heavy atom. The molecule has 4 heterocycles. The van der Waals surface area contributed by atoms with Gasteiger partial charge in [-0.25, -0.2) is 17.8 Å². The lowest BCUT2D eigenvalue weighted by molar-refractivity contribution is -0.0845. The molecule has 0 aromatic carbocycles. The maximum Gasteiger partial charge on any atom is 0.211 e. The fourth-order valence-electron chi connectivity index (χ4n) is 4.05. The van der Waals surface area contributed by atoms with E-state index in [2.05, 4.69) is 49.9 Å². The summed E-state index contributed by atoms with van der Waals surface area (Å²) in [6.07, 6.45) is 3.60. The van der Waals surface area contributed by atoms with Crippen LogP contribution >= 0.6 is 0 Å². The summed E-state index contributed by atoms with van der Waals surface area (Å²) in [6, 6.07) is 4.21. The first-order valence-electron chi connectivity index (χ1n) is 9.75. The van der Waals surface area contributed by atoms with Crippen molar-refractivity contribution in [1.29, 1.82) is 0 Å². The smallest absolute Gasteiger partial charge is 0.211 e. The summed E-state index contributed by atoms with van der Waals surface area (Å²) in [5.74, 6) is 0.118. The molecule has 1 spiro atoms. The average molecular weight is 409 g/mol. The minimum absolute atomic E-state index is 0.118.